The average molecular weight is 759 g/mol. The number of allylic oxidation sites excluding steroid dienone is 1. The number of piperidine rings is 1. The third-order valence-electron chi connectivity index (χ3n) is 10.7. The van der Waals surface area contributed by atoms with Gasteiger partial charge in [0.15, 0.2) is 16.7 Å². The van der Waals surface area contributed by atoms with Crippen LogP contribution in [-0.4, -0.2) is 104 Å². The molecule has 0 bridgehead atoms. The number of carbonyl (C=O) groups is 3. The summed E-state index contributed by atoms with van der Waals surface area (Å²) in [7, 11) is 0. The molecule has 3 fully saturated rings. The number of imide groups is 1. The Morgan fingerprint density at radius 2 is 1.83 bits per heavy atom. The molecule has 3 saturated heterocycles. The molecule has 5 aliphatic rings. The number of carbonyl (C=O) groups excluding carboxylic acids is 3. The van der Waals surface area contributed by atoms with E-state index >= 15 is 0 Å². The molecule has 3 amide bonds. The van der Waals surface area contributed by atoms with Gasteiger partial charge in [-0.25, -0.2) is 18.7 Å². The number of fused-ring (bicyclic) bond motifs is 2. The molecule has 0 spiro atoms. The van der Waals surface area contributed by atoms with Gasteiger partial charge in [-0.3, -0.25) is 24.6 Å². The van der Waals surface area contributed by atoms with Crippen LogP contribution >= 0.6 is 11.8 Å². The first-order chi connectivity index (χ1) is 26.0. The fourth-order valence-corrected chi connectivity index (χ4v) is 8.97. The third-order valence-corrected chi connectivity index (χ3v) is 11.8. The molecule has 0 saturated carbocycles. The van der Waals surface area contributed by atoms with Crippen LogP contribution in [0.15, 0.2) is 65.5 Å². The molecule has 2 aromatic carbocycles. The van der Waals surface area contributed by atoms with Gasteiger partial charge in [0.05, 0.1) is 5.70 Å². The number of anilines is 1. The largest absolute Gasteiger partial charge is 0.504 e. The van der Waals surface area contributed by atoms with Crippen molar-refractivity contribution in [1.29, 1.82) is 0 Å². The maximum absolute atomic E-state index is 14.0. The molecule has 1 aromatic heterocycles. The highest BCUT2D eigenvalue weighted by Crippen LogP contribution is 2.37. The van der Waals surface area contributed by atoms with E-state index in [1.165, 1.54) is 6.08 Å². The molecule has 5 aliphatic heterocycles. The van der Waals surface area contributed by atoms with E-state index in [0.717, 1.165) is 55.5 Å². The van der Waals surface area contributed by atoms with Crippen molar-refractivity contribution in [1.82, 2.24) is 35.3 Å². The van der Waals surface area contributed by atoms with Crippen LogP contribution in [-0.2, 0) is 22.7 Å². The van der Waals surface area contributed by atoms with Gasteiger partial charge in [-0.1, -0.05) is 17.8 Å². The topological polar surface area (TPSA) is 186 Å². The van der Waals surface area contributed by atoms with Crippen molar-refractivity contribution in [3.05, 3.63) is 94.2 Å². The molecule has 3 unspecified atom stereocenters. The molecule has 54 heavy (non-hydrogen) atoms. The number of phenols is 1. The van der Waals surface area contributed by atoms with Crippen LogP contribution in [0.25, 0.3) is 5.70 Å². The molecule has 0 aliphatic carbocycles. The average Bonchev–Trinajstić information content (AvgIpc) is 3.72. The summed E-state index contributed by atoms with van der Waals surface area (Å²) < 4.78 is 27.9. The summed E-state index contributed by atoms with van der Waals surface area (Å²) in [4.78, 5) is 54.9. The quantitative estimate of drug-likeness (QED) is 0.166. The number of nitrogens with two attached hydrogens (primary N) is 2. The van der Waals surface area contributed by atoms with Crippen molar-refractivity contribution >= 4 is 40.9 Å². The van der Waals surface area contributed by atoms with Crippen LogP contribution in [0.3, 0.4) is 0 Å². The zero-order valence-electron chi connectivity index (χ0n) is 29.3. The van der Waals surface area contributed by atoms with Gasteiger partial charge in [-0.2, -0.15) is 0 Å². The zero-order chi connectivity index (χ0) is 37.7. The fourth-order valence-electron chi connectivity index (χ4n) is 7.89. The molecular formula is C37H40F2N10O4S. The van der Waals surface area contributed by atoms with E-state index in [4.69, 9.17) is 11.5 Å². The number of hydrogen-bond donors (Lipinski definition) is 5. The van der Waals surface area contributed by atoms with Gasteiger partial charge in [-0.15, -0.1) is 0 Å². The van der Waals surface area contributed by atoms with Gasteiger partial charge >= 0.3 is 0 Å². The van der Waals surface area contributed by atoms with Crippen LogP contribution < -0.4 is 27.0 Å². The standard InChI is InChI=1S/C37H40F2N10O4S/c38-22-9-27(33(51)28(39)10-22)29(40)13-31-34(41)42-16-24-11-25(19-48(24)31)54-37-43-14-20(15-44-37)17-46-5-7-47(8-6-46)23-2-1-21-18-49(36(53)26(21)12-23)30-3-4-32(50)45-35(30)52/h1-2,9-10,12-15,24-25,30,42,51H,3-8,11,16-19,40-41H2,(H,45,50,52)/b29-13-. The van der Waals surface area contributed by atoms with Crippen LogP contribution in [0, 0.1) is 11.6 Å². The lowest BCUT2D eigenvalue weighted by Crippen LogP contribution is -2.52. The molecule has 3 atom stereocenters. The minimum atomic E-state index is -1.09. The fraction of sp³-hybridized carbons (Fsp3) is 0.378. The maximum Gasteiger partial charge on any atom is 0.255 e. The minimum absolute atomic E-state index is 0.0115. The second-order valence-corrected chi connectivity index (χ2v) is 15.5. The third kappa shape index (κ3) is 7.00. The molecule has 7 N–H and O–H groups in total. The number of benzene rings is 2. The van der Waals surface area contributed by atoms with Gasteiger partial charge in [0.1, 0.15) is 17.7 Å². The Hall–Kier alpha value is -5.42. The number of amides is 3. The number of aromatic nitrogens is 2. The number of rotatable bonds is 8. The van der Waals surface area contributed by atoms with Gasteiger partial charge in [0.2, 0.25) is 11.8 Å². The predicted molar refractivity (Wildman–Crippen MR) is 196 cm³/mol. The molecule has 14 nitrogen and oxygen atoms in total. The summed E-state index contributed by atoms with van der Waals surface area (Å²) in [6.45, 7) is 5.55. The highest BCUT2D eigenvalue weighted by molar-refractivity contribution is 7.99. The Morgan fingerprint density at radius 3 is 2.59 bits per heavy atom. The highest BCUT2D eigenvalue weighted by Gasteiger charge is 2.40. The van der Waals surface area contributed by atoms with Crippen molar-refractivity contribution in [2.24, 2.45) is 11.5 Å². The molecule has 6 heterocycles. The Morgan fingerprint density at radius 1 is 1.06 bits per heavy atom. The highest BCUT2D eigenvalue weighted by atomic mass is 32.2. The molecule has 282 valence electrons. The van der Waals surface area contributed by atoms with Gasteiger partial charge in [-0.05, 0) is 42.7 Å². The minimum Gasteiger partial charge on any atom is -0.504 e. The van der Waals surface area contributed by atoms with E-state index < -0.39 is 29.3 Å². The second kappa shape index (κ2) is 14.4. The number of thioether (sulfide) groups is 1. The number of hydrogen-bond acceptors (Lipinski definition) is 13. The first kappa shape index (κ1) is 35.6. The molecular weight excluding hydrogens is 719 g/mol. The number of nitrogens with zero attached hydrogens (tertiary/aromatic N) is 6. The Bertz CT molecular complexity index is 2070. The molecule has 17 heteroatoms. The van der Waals surface area contributed by atoms with Crippen molar-refractivity contribution in [2.45, 2.75) is 54.8 Å². The Kier molecular flexibility index (Phi) is 9.51. The SMILES string of the molecule is NC1=C(/C=C(\N)c2cc(F)cc(F)c2O)N2CC(Sc3ncc(CN4CCN(c5ccc6c(c5)C(=O)N(C5CCC(=O)NC5=O)C6)CC4)cn3)CC2CN1. The lowest BCUT2D eigenvalue weighted by atomic mass is 10.0. The lowest BCUT2D eigenvalue weighted by molar-refractivity contribution is -0.136. The van der Waals surface area contributed by atoms with E-state index in [1.807, 2.05) is 30.6 Å². The predicted octanol–water partition coefficient (Wildman–Crippen LogP) is 1.81. The van der Waals surface area contributed by atoms with Crippen LogP contribution in [0.5, 0.6) is 5.75 Å². The second-order valence-electron chi connectivity index (χ2n) is 14.2. The number of halogens is 2. The first-order valence-electron chi connectivity index (χ1n) is 17.9. The van der Waals surface area contributed by atoms with Crippen LogP contribution in [0.4, 0.5) is 14.5 Å². The van der Waals surface area contributed by atoms with E-state index in [0.29, 0.717) is 60.9 Å². The van der Waals surface area contributed by atoms with E-state index in [-0.39, 0.29) is 40.8 Å². The van der Waals surface area contributed by atoms with Crippen molar-refractivity contribution in [3.8, 4) is 5.75 Å². The van der Waals surface area contributed by atoms with Crippen molar-refractivity contribution in [3.63, 3.8) is 0 Å². The van der Waals surface area contributed by atoms with E-state index in [9.17, 15) is 28.3 Å². The van der Waals surface area contributed by atoms with Crippen molar-refractivity contribution in [2.75, 3.05) is 44.2 Å². The monoisotopic (exact) mass is 758 g/mol. The van der Waals surface area contributed by atoms with E-state index in [2.05, 4.69) is 35.3 Å². The number of aromatic hydroxyl groups is 1. The van der Waals surface area contributed by atoms with Gasteiger partial charge in [0.25, 0.3) is 5.91 Å². The summed E-state index contributed by atoms with van der Waals surface area (Å²) >= 11 is 1.58. The summed E-state index contributed by atoms with van der Waals surface area (Å²) in [5.41, 5.74) is 16.4. The van der Waals surface area contributed by atoms with Gasteiger partial charge < -0.3 is 36.6 Å². The first-order valence-corrected chi connectivity index (χ1v) is 18.8. The molecule has 0 radical (unpaired) electrons. The van der Waals surface area contributed by atoms with Crippen LogP contribution in [0.1, 0.15) is 46.3 Å². The van der Waals surface area contributed by atoms with E-state index in [1.54, 1.807) is 16.7 Å². The Labute approximate surface area is 314 Å². The summed E-state index contributed by atoms with van der Waals surface area (Å²) in [6, 6.07) is 6.99. The normalized spacial score (nSPS) is 23.4. The summed E-state index contributed by atoms with van der Waals surface area (Å²) in [5, 5.41) is 16.5. The zero-order valence-corrected chi connectivity index (χ0v) is 30.1. The maximum atomic E-state index is 14.0. The smallest absolute Gasteiger partial charge is 0.255 e. The molecule has 3 aromatic rings. The lowest BCUT2D eigenvalue weighted by Gasteiger charge is -2.36. The van der Waals surface area contributed by atoms with Gasteiger partial charge in [0, 0.05) is 117 Å². The summed E-state index contributed by atoms with van der Waals surface area (Å²) in [6.07, 6.45) is 6.66. The number of phenolic OH excluding ortho intramolecular Hbond substituents is 1. The number of piperazine rings is 1. The molecule has 8 rings (SSSR count). The summed E-state index contributed by atoms with van der Waals surface area (Å²) in [5.74, 6) is -3.16. The number of nitrogens with one attached hydrogen (secondary N) is 2. The Balaban J connectivity index is 0.837. The van der Waals surface area contributed by atoms with Crippen molar-refractivity contribution < 1.29 is 28.3 Å². The van der Waals surface area contributed by atoms with Crippen LogP contribution in [0.2, 0.25) is 0 Å².